The van der Waals surface area contributed by atoms with Gasteiger partial charge in [-0.05, 0) is 92.6 Å². The Bertz CT molecular complexity index is 2820. The smallest absolute Gasteiger partial charge is 0.343 e. The van der Waals surface area contributed by atoms with Gasteiger partial charge in [-0.1, -0.05) is 12.1 Å². The molecule has 0 bridgehead atoms. The van der Waals surface area contributed by atoms with Crippen LogP contribution in [-0.2, 0) is 11.3 Å². The monoisotopic (exact) mass is 921 g/mol. The molecule has 4 fully saturated rings. The first-order valence-electron chi connectivity index (χ1n) is 23.9. The van der Waals surface area contributed by atoms with Gasteiger partial charge < -0.3 is 29.9 Å². The highest BCUT2D eigenvalue weighted by molar-refractivity contribution is 6.22. The number of hydrazine groups is 1. The van der Waals surface area contributed by atoms with Crippen molar-refractivity contribution in [3.8, 4) is 0 Å². The number of piperazine rings is 1. The van der Waals surface area contributed by atoms with E-state index in [1.807, 2.05) is 40.6 Å². The Hall–Kier alpha value is -7.12. The van der Waals surface area contributed by atoms with E-state index in [1.54, 1.807) is 24.4 Å². The second-order valence-corrected chi connectivity index (χ2v) is 19.0. The number of nitrogens with one attached hydrogen (secondary N) is 3. The molecule has 3 N–H and O–H groups in total. The molecule has 0 radical (unpaired) electrons. The first-order valence-corrected chi connectivity index (χ1v) is 23.9. The standard InChI is InChI=1S/C49H55N13O6/c1-31-26-50-46(65)42-24-34-4-9-41(53-44(34)61(31)42)45(64)52-35-27-51-59(30-35)29-32-2-5-36(6-3-32)56-17-12-37(13-18-56)58-22-20-55(21-23-58)28-33-10-15-57(16-11-33)38-7-8-39-40(25-38)48(67)62(47(39)66)60-19-14-43(63)54-49(60)68/h2-9,24-25,27,30-31,33,37H,10-23,26,28-29H2,1H3,(H,50,65)(H,52,64)(H,54,63,68)/t31-/m1/s1. The number of rotatable bonds is 10. The second-order valence-electron chi connectivity index (χ2n) is 19.0. The van der Waals surface area contributed by atoms with Gasteiger partial charge in [-0.15, -0.1) is 0 Å². The fraction of sp³-hybridized carbons (Fsp3) is 0.429. The van der Waals surface area contributed by atoms with E-state index in [2.05, 4.69) is 69.9 Å². The maximum atomic E-state index is 13.3. The van der Waals surface area contributed by atoms with E-state index in [4.69, 9.17) is 0 Å². The minimum Gasteiger partial charge on any atom is -0.371 e. The van der Waals surface area contributed by atoms with Crippen LogP contribution >= 0.6 is 0 Å². The number of aromatic nitrogens is 4. The van der Waals surface area contributed by atoms with Crippen LogP contribution in [0.25, 0.3) is 11.0 Å². The van der Waals surface area contributed by atoms with Gasteiger partial charge in [0.2, 0.25) is 5.91 Å². The third-order valence-electron chi connectivity index (χ3n) is 14.7. The van der Waals surface area contributed by atoms with Crippen molar-refractivity contribution in [1.82, 2.24) is 49.8 Å². The summed E-state index contributed by atoms with van der Waals surface area (Å²) in [6.07, 6.45) is 7.88. The number of pyridine rings is 1. The zero-order chi connectivity index (χ0) is 46.6. The molecule has 9 heterocycles. The van der Waals surface area contributed by atoms with E-state index >= 15 is 0 Å². The predicted octanol–water partition coefficient (Wildman–Crippen LogP) is 3.79. The highest BCUT2D eigenvalue weighted by atomic mass is 16.2. The summed E-state index contributed by atoms with van der Waals surface area (Å²) in [5.74, 6) is -1.39. The first-order chi connectivity index (χ1) is 33.0. The van der Waals surface area contributed by atoms with Crippen LogP contribution in [0.4, 0.5) is 21.9 Å². The normalized spacial score (nSPS) is 21.1. The van der Waals surface area contributed by atoms with Crippen molar-refractivity contribution in [2.75, 3.05) is 87.1 Å². The average Bonchev–Trinajstić information content (AvgIpc) is 4.04. The number of imide groups is 2. The molecule has 0 aliphatic carbocycles. The molecule has 0 spiro atoms. The molecular weight excluding hydrogens is 867 g/mol. The van der Waals surface area contributed by atoms with Gasteiger partial charge in [0.1, 0.15) is 17.0 Å². The maximum absolute atomic E-state index is 13.3. The Morgan fingerprint density at radius 3 is 2.26 bits per heavy atom. The van der Waals surface area contributed by atoms with Crippen LogP contribution in [0.3, 0.4) is 0 Å². The van der Waals surface area contributed by atoms with E-state index in [1.165, 1.54) is 5.69 Å². The molecule has 19 heteroatoms. The quantitative estimate of drug-likeness (QED) is 0.172. The third kappa shape index (κ3) is 8.33. The lowest BCUT2D eigenvalue weighted by Crippen LogP contribution is -2.58. The minimum absolute atomic E-state index is 0.0202. The fourth-order valence-electron chi connectivity index (χ4n) is 10.9. The molecule has 68 heavy (non-hydrogen) atoms. The molecule has 19 nitrogen and oxygen atoms in total. The van der Waals surface area contributed by atoms with Crippen LogP contribution in [0.15, 0.2) is 73.1 Å². The summed E-state index contributed by atoms with van der Waals surface area (Å²) in [4.78, 5) is 90.9. The lowest BCUT2D eigenvalue weighted by atomic mass is 9.95. The Kier molecular flexibility index (Phi) is 11.4. The number of carbonyl (C=O) groups excluding carboxylic acids is 6. The number of urea groups is 1. The number of fused-ring (bicyclic) bond motifs is 4. The number of piperidine rings is 2. The molecule has 5 aromatic rings. The van der Waals surface area contributed by atoms with Crippen molar-refractivity contribution >= 4 is 63.7 Å². The van der Waals surface area contributed by atoms with Gasteiger partial charge in [0.25, 0.3) is 23.6 Å². The highest BCUT2D eigenvalue weighted by Crippen LogP contribution is 2.32. The molecule has 1 atom stereocenters. The molecule has 6 aliphatic rings. The number of hydrogen-bond donors (Lipinski definition) is 3. The van der Waals surface area contributed by atoms with E-state index in [0.717, 1.165) is 111 Å². The number of amides is 7. The average molecular weight is 922 g/mol. The van der Waals surface area contributed by atoms with Crippen LogP contribution in [-0.4, -0.2) is 153 Å². The molecule has 4 saturated heterocycles. The molecule has 0 saturated carbocycles. The SMILES string of the molecule is C[C@@H]1CNC(=O)c2cc3ccc(C(=O)Nc4cnn(Cc5ccc(N6CCC(N7CCN(CC8CCN(c9ccc%10c(c9)C(=O)N(N9CCC(=O)NC9=O)C%10=O)CC8)CC7)CC6)cc5)c4)nc3n21. The minimum atomic E-state index is -0.762. The molecule has 7 amide bonds. The summed E-state index contributed by atoms with van der Waals surface area (Å²) >= 11 is 0. The van der Waals surface area contributed by atoms with Crippen molar-refractivity contribution < 1.29 is 28.8 Å². The van der Waals surface area contributed by atoms with Crippen LogP contribution < -0.4 is 25.8 Å². The second kappa shape index (κ2) is 17.8. The van der Waals surface area contributed by atoms with Gasteiger partial charge in [-0.25, -0.2) is 14.8 Å². The fourth-order valence-corrected chi connectivity index (χ4v) is 10.9. The van der Waals surface area contributed by atoms with Gasteiger partial charge in [0.15, 0.2) is 0 Å². The molecule has 3 aromatic heterocycles. The van der Waals surface area contributed by atoms with E-state index in [0.29, 0.717) is 42.1 Å². The number of benzene rings is 2. The Balaban J connectivity index is 0.604. The molecule has 6 aliphatic heterocycles. The number of carbonyl (C=O) groups is 6. The van der Waals surface area contributed by atoms with Gasteiger partial charge in [-0.3, -0.25) is 38.9 Å². The Morgan fingerprint density at radius 2 is 1.50 bits per heavy atom. The zero-order valence-electron chi connectivity index (χ0n) is 38.1. The topological polar surface area (TPSA) is 194 Å². The van der Waals surface area contributed by atoms with Crippen molar-refractivity contribution in [1.29, 1.82) is 0 Å². The van der Waals surface area contributed by atoms with Gasteiger partial charge >= 0.3 is 6.03 Å². The molecule has 352 valence electrons. The summed E-state index contributed by atoms with van der Waals surface area (Å²) in [5, 5.41) is 15.2. The van der Waals surface area contributed by atoms with Crippen molar-refractivity contribution in [3.05, 3.63) is 101 Å². The summed E-state index contributed by atoms with van der Waals surface area (Å²) in [6.45, 7) is 12.3. The van der Waals surface area contributed by atoms with Crippen LogP contribution in [0.2, 0.25) is 0 Å². The zero-order valence-corrected chi connectivity index (χ0v) is 38.1. The first kappa shape index (κ1) is 43.5. The van der Waals surface area contributed by atoms with Crippen LogP contribution in [0, 0.1) is 5.92 Å². The van der Waals surface area contributed by atoms with Gasteiger partial charge in [-0.2, -0.15) is 10.1 Å². The number of hydrogen-bond acceptors (Lipinski definition) is 12. The Labute approximate surface area is 392 Å². The van der Waals surface area contributed by atoms with Gasteiger partial charge in [0, 0.05) is 101 Å². The summed E-state index contributed by atoms with van der Waals surface area (Å²) in [7, 11) is 0. The molecule has 2 aromatic carbocycles. The predicted molar refractivity (Wildman–Crippen MR) is 252 cm³/mol. The Morgan fingerprint density at radius 1 is 0.779 bits per heavy atom. The molecular formula is C49H55N13O6. The van der Waals surface area contributed by atoms with E-state index in [-0.39, 0.29) is 47.6 Å². The lowest BCUT2D eigenvalue weighted by molar-refractivity contribution is -0.122. The van der Waals surface area contributed by atoms with Crippen molar-refractivity contribution in [3.63, 3.8) is 0 Å². The third-order valence-corrected chi connectivity index (χ3v) is 14.7. The van der Waals surface area contributed by atoms with Crippen molar-refractivity contribution in [2.45, 2.75) is 57.7 Å². The van der Waals surface area contributed by atoms with Crippen LogP contribution in [0.5, 0.6) is 0 Å². The molecule has 0 unspecified atom stereocenters. The van der Waals surface area contributed by atoms with Crippen LogP contribution in [0.1, 0.15) is 92.3 Å². The summed E-state index contributed by atoms with van der Waals surface area (Å²) in [5.41, 5.74) is 5.84. The molecule has 11 rings (SSSR count). The summed E-state index contributed by atoms with van der Waals surface area (Å²) < 4.78 is 3.71. The number of nitrogens with zero attached hydrogens (tertiary/aromatic N) is 10. The van der Waals surface area contributed by atoms with Crippen molar-refractivity contribution in [2.24, 2.45) is 5.92 Å². The summed E-state index contributed by atoms with van der Waals surface area (Å²) in [6, 6.07) is 19.2. The maximum Gasteiger partial charge on any atom is 0.343 e. The highest BCUT2D eigenvalue weighted by Gasteiger charge is 2.43. The lowest BCUT2D eigenvalue weighted by Gasteiger charge is -2.44. The largest absolute Gasteiger partial charge is 0.371 e. The van der Waals surface area contributed by atoms with Gasteiger partial charge in [0.05, 0.1) is 42.1 Å². The number of anilines is 3. The van der Waals surface area contributed by atoms with E-state index < -0.39 is 23.8 Å². The van der Waals surface area contributed by atoms with E-state index in [9.17, 15) is 28.8 Å².